The largest absolute Gasteiger partial charge is 0.508 e. The molecule has 1 rings (SSSR count). The third kappa shape index (κ3) is 5.52. The predicted octanol–water partition coefficient (Wildman–Crippen LogP) is 2.46. The highest BCUT2D eigenvalue weighted by atomic mass is 16.3. The molecule has 2 unspecified atom stereocenters. The van der Waals surface area contributed by atoms with E-state index < -0.39 is 5.60 Å². The summed E-state index contributed by atoms with van der Waals surface area (Å²) in [4.78, 5) is 0. The first-order valence-electron chi connectivity index (χ1n) is 6.66. The lowest BCUT2D eigenvalue weighted by Crippen LogP contribution is -2.42. The number of hydrogen-bond donors (Lipinski definition) is 3. The number of rotatable bonds is 7. The monoisotopic (exact) mass is 251 g/mol. The molecule has 18 heavy (non-hydrogen) atoms. The third-order valence-corrected chi connectivity index (χ3v) is 3.10. The Labute approximate surface area is 110 Å². The summed E-state index contributed by atoms with van der Waals surface area (Å²) in [6.07, 6.45) is 2.69. The third-order valence-electron chi connectivity index (χ3n) is 3.10. The second-order valence-corrected chi connectivity index (χ2v) is 5.40. The van der Waals surface area contributed by atoms with Gasteiger partial charge in [0.05, 0.1) is 5.60 Å². The van der Waals surface area contributed by atoms with Crippen molar-refractivity contribution < 1.29 is 10.2 Å². The minimum atomic E-state index is -0.627. The zero-order valence-corrected chi connectivity index (χ0v) is 11.6. The molecule has 1 aromatic rings. The lowest BCUT2D eigenvalue weighted by atomic mass is 9.99. The van der Waals surface area contributed by atoms with E-state index in [1.165, 1.54) is 5.56 Å². The fourth-order valence-electron chi connectivity index (χ4n) is 2.08. The molecule has 102 valence electrons. The van der Waals surface area contributed by atoms with Crippen LogP contribution in [0, 0.1) is 0 Å². The first kappa shape index (κ1) is 15.0. The fraction of sp³-hybridized carbons (Fsp3) is 0.600. The molecule has 0 aliphatic rings. The van der Waals surface area contributed by atoms with E-state index in [-0.39, 0.29) is 0 Å². The smallest absolute Gasteiger partial charge is 0.115 e. The Kier molecular flexibility index (Phi) is 5.63. The second-order valence-electron chi connectivity index (χ2n) is 5.40. The van der Waals surface area contributed by atoms with Crippen LogP contribution in [0.25, 0.3) is 0 Å². The number of nitrogens with one attached hydrogen (secondary N) is 1. The van der Waals surface area contributed by atoms with Crippen LogP contribution < -0.4 is 5.32 Å². The van der Waals surface area contributed by atoms with Gasteiger partial charge in [-0.3, -0.25) is 0 Å². The van der Waals surface area contributed by atoms with Gasteiger partial charge in [0, 0.05) is 12.6 Å². The van der Waals surface area contributed by atoms with Crippen molar-refractivity contribution in [1.82, 2.24) is 5.32 Å². The normalized spacial score (nSPS) is 16.2. The van der Waals surface area contributed by atoms with Gasteiger partial charge in [-0.05, 0) is 44.4 Å². The molecule has 0 spiro atoms. The lowest BCUT2D eigenvalue weighted by molar-refractivity contribution is 0.0477. The molecule has 0 amide bonds. The zero-order valence-electron chi connectivity index (χ0n) is 11.6. The number of benzene rings is 1. The predicted molar refractivity (Wildman–Crippen MR) is 74.8 cm³/mol. The van der Waals surface area contributed by atoms with E-state index in [1.807, 2.05) is 19.1 Å². The van der Waals surface area contributed by atoms with Crippen molar-refractivity contribution in [2.45, 2.75) is 51.7 Å². The molecule has 1 aromatic carbocycles. The minimum absolute atomic E-state index is 0.297. The average Bonchev–Trinajstić information content (AvgIpc) is 2.30. The summed E-state index contributed by atoms with van der Waals surface area (Å²) >= 11 is 0. The van der Waals surface area contributed by atoms with Crippen molar-refractivity contribution in [2.24, 2.45) is 0 Å². The molecular weight excluding hydrogens is 226 g/mol. The standard InChI is InChI=1S/C15H25NO2/c1-4-9-15(3,18)11-16-12(2)10-13-5-7-14(17)8-6-13/h5-8,12,16-18H,4,9-11H2,1-3H3. The molecule has 0 saturated heterocycles. The molecule has 0 aliphatic carbocycles. The molecule has 3 nitrogen and oxygen atoms in total. The Balaban J connectivity index is 2.37. The van der Waals surface area contributed by atoms with Crippen molar-refractivity contribution >= 4 is 0 Å². The number of aromatic hydroxyl groups is 1. The van der Waals surface area contributed by atoms with Gasteiger partial charge in [0.25, 0.3) is 0 Å². The van der Waals surface area contributed by atoms with E-state index in [1.54, 1.807) is 12.1 Å². The Morgan fingerprint density at radius 1 is 1.28 bits per heavy atom. The van der Waals surface area contributed by atoms with E-state index in [2.05, 4.69) is 19.2 Å². The Morgan fingerprint density at radius 2 is 1.89 bits per heavy atom. The zero-order chi connectivity index (χ0) is 13.6. The summed E-state index contributed by atoms with van der Waals surface area (Å²) in [5.74, 6) is 0.297. The maximum atomic E-state index is 10.1. The molecule has 0 bridgehead atoms. The molecular formula is C15H25NO2. The van der Waals surface area contributed by atoms with Crippen molar-refractivity contribution in [2.75, 3.05) is 6.54 Å². The molecule has 0 saturated carbocycles. The van der Waals surface area contributed by atoms with Gasteiger partial charge in [0.2, 0.25) is 0 Å². The average molecular weight is 251 g/mol. The van der Waals surface area contributed by atoms with Gasteiger partial charge in [-0.1, -0.05) is 25.5 Å². The summed E-state index contributed by atoms with van der Waals surface area (Å²) in [5, 5.41) is 22.6. The molecule has 3 heteroatoms. The summed E-state index contributed by atoms with van der Waals surface area (Å²) < 4.78 is 0. The molecule has 0 aliphatic heterocycles. The maximum absolute atomic E-state index is 10.1. The van der Waals surface area contributed by atoms with E-state index in [0.29, 0.717) is 18.3 Å². The van der Waals surface area contributed by atoms with Crippen LogP contribution >= 0.6 is 0 Å². The Bertz CT molecular complexity index is 346. The second kappa shape index (κ2) is 6.76. The van der Waals surface area contributed by atoms with Crippen LogP contribution in [0.2, 0.25) is 0 Å². The van der Waals surface area contributed by atoms with Crippen LogP contribution in [0.4, 0.5) is 0 Å². The molecule has 3 N–H and O–H groups in total. The SMILES string of the molecule is CCCC(C)(O)CNC(C)Cc1ccc(O)cc1. The van der Waals surface area contributed by atoms with E-state index in [0.717, 1.165) is 19.3 Å². The first-order valence-corrected chi connectivity index (χ1v) is 6.66. The first-order chi connectivity index (χ1) is 8.43. The van der Waals surface area contributed by atoms with Gasteiger partial charge in [0.15, 0.2) is 0 Å². The molecule has 0 heterocycles. The summed E-state index contributed by atoms with van der Waals surface area (Å²) in [7, 11) is 0. The number of hydrogen-bond acceptors (Lipinski definition) is 3. The molecule has 0 fully saturated rings. The van der Waals surface area contributed by atoms with Crippen molar-refractivity contribution in [3.63, 3.8) is 0 Å². The summed E-state index contributed by atoms with van der Waals surface area (Å²) in [6, 6.07) is 7.57. The summed E-state index contributed by atoms with van der Waals surface area (Å²) in [6.45, 7) is 6.67. The van der Waals surface area contributed by atoms with Crippen molar-refractivity contribution in [3.05, 3.63) is 29.8 Å². The highest BCUT2D eigenvalue weighted by molar-refractivity contribution is 5.26. The Hall–Kier alpha value is -1.06. The highest BCUT2D eigenvalue weighted by Gasteiger charge is 2.19. The number of aliphatic hydroxyl groups is 1. The number of phenols is 1. The quantitative estimate of drug-likeness (QED) is 0.698. The van der Waals surface area contributed by atoms with Gasteiger partial charge >= 0.3 is 0 Å². The van der Waals surface area contributed by atoms with Crippen LogP contribution in [0.5, 0.6) is 5.75 Å². The summed E-state index contributed by atoms with van der Waals surface area (Å²) in [5.41, 5.74) is 0.556. The van der Waals surface area contributed by atoms with Crippen LogP contribution in [-0.4, -0.2) is 28.4 Å². The molecule has 0 radical (unpaired) electrons. The molecule has 2 atom stereocenters. The van der Waals surface area contributed by atoms with Gasteiger partial charge < -0.3 is 15.5 Å². The van der Waals surface area contributed by atoms with Gasteiger partial charge in [-0.25, -0.2) is 0 Å². The van der Waals surface area contributed by atoms with Crippen molar-refractivity contribution in [1.29, 1.82) is 0 Å². The van der Waals surface area contributed by atoms with E-state index >= 15 is 0 Å². The molecule has 0 aromatic heterocycles. The van der Waals surface area contributed by atoms with E-state index in [4.69, 9.17) is 0 Å². The highest BCUT2D eigenvalue weighted by Crippen LogP contribution is 2.13. The topological polar surface area (TPSA) is 52.5 Å². The number of phenolic OH excluding ortho intramolecular Hbond substituents is 1. The lowest BCUT2D eigenvalue weighted by Gasteiger charge is -2.25. The van der Waals surface area contributed by atoms with E-state index in [9.17, 15) is 10.2 Å². The van der Waals surface area contributed by atoms with Gasteiger partial charge in [-0.15, -0.1) is 0 Å². The van der Waals surface area contributed by atoms with Gasteiger partial charge in [-0.2, -0.15) is 0 Å². The van der Waals surface area contributed by atoms with Crippen LogP contribution in [-0.2, 0) is 6.42 Å². The fourth-order valence-corrected chi connectivity index (χ4v) is 2.08. The minimum Gasteiger partial charge on any atom is -0.508 e. The van der Waals surface area contributed by atoms with Crippen molar-refractivity contribution in [3.8, 4) is 5.75 Å². The van der Waals surface area contributed by atoms with Gasteiger partial charge in [0.1, 0.15) is 5.75 Å². The Morgan fingerprint density at radius 3 is 2.44 bits per heavy atom. The maximum Gasteiger partial charge on any atom is 0.115 e. The van der Waals surface area contributed by atoms with Crippen LogP contribution in [0.1, 0.15) is 39.2 Å². The van der Waals surface area contributed by atoms with Crippen LogP contribution in [0.3, 0.4) is 0 Å². The van der Waals surface area contributed by atoms with Crippen LogP contribution in [0.15, 0.2) is 24.3 Å².